The second kappa shape index (κ2) is 7.44. The first-order chi connectivity index (χ1) is 9.70. The summed E-state index contributed by atoms with van der Waals surface area (Å²) in [6.45, 7) is 3.91. The van der Waals surface area contributed by atoms with E-state index in [0.29, 0.717) is 17.4 Å². The third-order valence-electron chi connectivity index (χ3n) is 4.18. The van der Waals surface area contributed by atoms with Crippen molar-refractivity contribution in [3.63, 3.8) is 0 Å². The van der Waals surface area contributed by atoms with E-state index in [9.17, 15) is 4.79 Å². The van der Waals surface area contributed by atoms with Crippen LogP contribution in [0, 0.1) is 5.92 Å². The third kappa shape index (κ3) is 4.07. The number of aromatic carboxylic acids is 1. The third-order valence-corrected chi connectivity index (χ3v) is 4.18. The summed E-state index contributed by atoms with van der Waals surface area (Å²) in [6, 6.07) is 7.38. The highest BCUT2D eigenvalue weighted by Crippen LogP contribution is 2.35. The molecule has 0 spiro atoms. The number of hydrogen-bond acceptors (Lipinski definition) is 2. The Morgan fingerprint density at radius 2 is 1.85 bits per heavy atom. The van der Waals surface area contributed by atoms with E-state index in [-0.39, 0.29) is 0 Å². The predicted octanol–water partition coefficient (Wildman–Crippen LogP) is 4.09. The maximum atomic E-state index is 10.8. The van der Waals surface area contributed by atoms with Gasteiger partial charge >= 0.3 is 5.97 Å². The number of hydrogen-bond donors (Lipinski definition) is 1. The van der Waals surface area contributed by atoms with Gasteiger partial charge in [-0.2, -0.15) is 0 Å². The van der Waals surface area contributed by atoms with Crippen LogP contribution >= 0.6 is 0 Å². The zero-order chi connectivity index (χ0) is 14.4. The lowest BCUT2D eigenvalue weighted by molar-refractivity contribution is 0.0696. The quantitative estimate of drug-likeness (QED) is 0.796. The molecule has 0 aromatic heterocycles. The van der Waals surface area contributed by atoms with E-state index in [4.69, 9.17) is 9.84 Å². The van der Waals surface area contributed by atoms with Gasteiger partial charge in [0.25, 0.3) is 0 Å². The molecule has 3 heteroatoms. The van der Waals surface area contributed by atoms with Gasteiger partial charge in [-0.15, -0.1) is 0 Å². The summed E-state index contributed by atoms with van der Waals surface area (Å²) in [5, 5.41) is 8.91. The first-order valence-electron chi connectivity index (χ1n) is 7.61. The number of carbonyl (C=O) groups is 1. The fraction of sp³-hybridized carbons (Fsp3) is 0.588. The largest absolute Gasteiger partial charge is 0.478 e. The fourth-order valence-electron chi connectivity index (χ4n) is 2.95. The average Bonchev–Trinajstić information content (AvgIpc) is 2.48. The number of rotatable bonds is 6. The Balaban J connectivity index is 1.82. The Morgan fingerprint density at radius 1 is 1.20 bits per heavy atom. The number of carboxylic acids is 1. The van der Waals surface area contributed by atoms with Crippen molar-refractivity contribution in [1.82, 2.24) is 0 Å². The molecule has 1 aromatic carbocycles. The molecule has 0 heterocycles. The molecule has 0 unspecified atom stereocenters. The zero-order valence-corrected chi connectivity index (χ0v) is 12.2. The van der Waals surface area contributed by atoms with E-state index in [1.165, 1.54) is 31.2 Å². The summed E-state index contributed by atoms with van der Waals surface area (Å²) in [4.78, 5) is 10.8. The summed E-state index contributed by atoms with van der Waals surface area (Å²) in [5.74, 6) is 0.435. The molecule has 20 heavy (non-hydrogen) atoms. The van der Waals surface area contributed by atoms with E-state index in [1.807, 2.05) is 12.1 Å². The molecule has 1 fully saturated rings. The van der Waals surface area contributed by atoms with E-state index in [2.05, 4.69) is 6.92 Å². The van der Waals surface area contributed by atoms with Crippen molar-refractivity contribution in [2.24, 2.45) is 5.92 Å². The molecule has 0 saturated heterocycles. The SMILES string of the molecule is CCCOC[C@H]1CC[C@H](c2ccc(C(=O)O)cc2)CC1. The van der Waals surface area contributed by atoms with Gasteiger partial charge in [-0.1, -0.05) is 19.1 Å². The topological polar surface area (TPSA) is 46.5 Å². The Kier molecular flexibility index (Phi) is 5.60. The minimum absolute atomic E-state index is 0.371. The van der Waals surface area contributed by atoms with Crippen molar-refractivity contribution in [1.29, 1.82) is 0 Å². The van der Waals surface area contributed by atoms with Crippen LogP contribution < -0.4 is 0 Å². The highest BCUT2D eigenvalue weighted by Gasteiger charge is 2.22. The van der Waals surface area contributed by atoms with Crippen molar-refractivity contribution in [3.05, 3.63) is 35.4 Å². The van der Waals surface area contributed by atoms with E-state index < -0.39 is 5.97 Å². The highest BCUT2D eigenvalue weighted by atomic mass is 16.5. The number of carboxylic acid groups (broad SMARTS) is 1. The maximum Gasteiger partial charge on any atom is 0.335 e. The van der Waals surface area contributed by atoms with Crippen LogP contribution in [0.5, 0.6) is 0 Å². The van der Waals surface area contributed by atoms with Gasteiger partial charge in [0.2, 0.25) is 0 Å². The summed E-state index contributed by atoms with van der Waals surface area (Å²) in [7, 11) is 0. The Hall–Kier alpha value is -1.35. The Labute approximate surface area is 121 Å². The van der Waals surface area contributed by atoms with Gasteiger partial charge in [0, 0.05) is 13.2 Å². The normalized spacial score (nSPS) is 22.6. The Bertz CT molecular complexity index is 416. The lowest BCUT2D eigenvalue weighted by Gasteiger charge is -2.28. The summed E-state index contributed by atoms with van der Waals surface area (Å²) >= 11 is 0. The highest BCUT2D eigenvalue weighted by molar-refractivity contribution is 5.87. The molecule has 3 nitrogen and oxygen atoms in total. The van der Waals surface area contributed by atoms with Crippen molar-refractivity contribution >= 4 is 5.97 Å². The van der Waals surface area contributed by atoms with Crippen molar-refractivity contribution in [3.8, 4) is 0 Å². The maximum absolute atomic E-state index is 10.8. The first-order valence-corrected chi connectivity index (χ1v) is 7.61. The number of benzene rings is 1. The van der Waals surface area contributed by atoms with Crippen molar-refractivity contribution in [2.75, 3.05) is 13.2 Å². The molecule has 1 saturated carbocycles. The van der Waals surface area contributed by atoms with E-state index in [1.54, 1.807) is 12.1 Å². The molecule has 0 radical (unpaired) electrons. The summed E-state index contributed by atoms with van der Waals surface area (Å²) in [6.07, 6.45) is 5.90. The van der Waals surface area contributed by atoms with Gasteiger partial charge in [-0.05, 0) is 61.6 Å². The van der Waals surface area contributed by atoms with Gasteiger partial charge in [-0.25, -0.2) is 4.79 Å². The van der Waals surface area contributed by atoms with Crippen LogP contribution in [0.15, 0.2) is 24.3 Å². The molecule has 1 N–H and O–H groups in total. The van der Waals surface area contributed by atoms with Crippen LogP contribution in [0.2, 0.25) is 0 Å². The van der Waals surface area contributed by atoms with Crippen molar-refractivity contribution < 1.29 is 14.6 Å². The molecule has 1 aliphatic rings. The van der Waals surface area contributed by atoms with Crippen LogP contribution in [-0.2, 0) is 4.74 Å². The molecule has 0 amide bonds. The smallest absolute Gasteiger partial charge is 0.335 e. The van der Waals surface area contributed by atoms with Crippen molar-refractivity contribution in [2.45, 2.75) is 44.9 Å². The van der Waals surface area contributed by atoms with Crippen LogP contribution in [0.3, 0.4) is 0 Å². The molecular weight excluding hydrogens is 252 g/mol. The molecule has 1 aliphatic carbocycles. The van der Waals surface area contributed by atoms with Gasteiger partial charge in [0.15, 0.2) is 0 Å². The standard InChI is InChI=1S/C17H24O3/c1-2-11-20-12-13-3-5-14(6-4-13)15-7-9-16(10-8-15)17(18)19/h7-10,13-14H,2-6,11-12H2,1H3,(H,18,19)/t13-,14-. The van der Waals surface area contributed by atoms with Gasteiger partial charge < -0.3 is 9.84 Å². The lowest BCUT2D eigenvalue weighted by Crippen LogP contribution is -2.18. The summed E-state index contributed by atoms with van der Waals surface area (Å²) < 4.78 is 5.64. The van der Waals surface area contributed by atoms with Crippen LogP contribution in [-0.4, -0.2) is 24.3 Å². The molecule has 0 aliphatic heterocycles. The van der Waals surface area contributed by atoms with Crippen LogP contribution in [0.4, 0.5) is 0 Å². The molecule has 1 aromatic rings. The zero-order valence-electron chi connectivity index (χ0n) is 12.2. The molecule has 2 rings (SSSR count). The number of ether oxygens (including phenoxy) is 1. The lowest BCUT2D eigenvalue weighted by atomic mass is 9.79. The minimum Gasteiger partial charge on any atom is -0.478 e. The van der Waals surface area contributed by atoms with E-state index >= 15 is 0 Å². The monoisotopic (exact) mass is 276 g/mol. The Morgan fingerprint density at radius 3 is 2.40 bits per heavy atom. The molecule has 0 atom stereocenters. The second-order valence-corrected chi connectivity index (χ2v) is 5.72. The van der Waals surface area contributed by atoms with E-state index in [0.717, 1.165) is 19.6 Å². The van der Waals surface area contributed by atoms with Gasteiger partial charge in [0.1, 0.15) is 0 Å². The molecule has 110 valence electrons. The molecule has 0 bridgehead atoms. The van der Waals surface area contributed by atoms with Crippen LogP contribution in [0.25, 0.3) is 0 Å². The fourth-order valence-corrected chi connectivity index (χ4v) is 2.95. The average molecular weight is 276 g/mol. The minimum atomic E-state index is -0.853. The first kappa shape index (κ1) is 15.0. The van der Waals surface area contributed by atoms with Gasteiger partial charge in [0.05, 0.1) is 5.56 Å². The molecular formula is C17H24O3. The summed E-state index contributed by atoms with van der Waals surface area (Å²) in [5.41, 5.74) is 1.65. The predicted molar refractivity (Wildman–Crippen MR) is 79.2 cm³/mol. The second-order valence-electron chi connectivity index (χ2n) is 5.72. The van der Waals surface area contributed by atoms with Gasteiger partial charge in [-0.3, -0.25) is 0 Å². The van der Waals surface area contributed by atoms with Crippen LogP contribution in [0.1, 0.15) is 60.9 Å².